The van der Waals surface area contributed by atoms with Crippen LogP contribution in [0.5, 0.6) is 0 Å². The van der Waals surface area contributed by atoms with Crippen LogP contribution in [0.3, 0.4) is 0 Å². The average molecular weight is 393 g/mol. The summed E-state index contributed by atoms with van der Waals surface area (Å²) in [6.07, 6.45) is 3.27. The van der Waals surface area contributed by atoms with Crippen molar-refractivity contribution < 1.29 is 23.7 Å². The van der Waals surface area contributed by atoms with Gasteiger partial charge in [0.05, 0.1) is 16.5 Å². The van der Waals surface area contributed by atoms with Crippen LogP contribution in [-0.4, -0.2) is 34.5 Å². The van der Waals surface area contributed by atoms with Crippen molar-refractivity contribution in [2.75, 3.05) is 13.2 Å². The number of esters is 1. The molecule has 0 spiro atoms. The molecule has 0 aliphatic rings. The second-order valence-corrected chi connectivity index (χ2v) is 6.25. The Morgan fingerprint density at radius 2 is 2.07 bits per heavy atom. The quantitative estimate of drug-likeness (QED) is 0.267. The van der Waals surface area contributed by atoms with Crippen LogP contribution in [0.4, 0.5) is 5.69 Å². The number of rotatable bonds is 11. The van der Waals surface area contributed by atoms with Crippen LogP contribution in [0.2, 0.25) is 0 Å². The fourth-order valence-electron chi connectivity index (χ4n) is 2.63. The van der Waals surface area contributed by atoms with E-state index in [4.69, 9.17) is 9.15 Å². The van der Waals surface area contributed by atoms with Gasteiger partial charge in [-0.05, 0) is 18.9 Å². The van der Waals surface area contributed by atoms with Crippen molar-refractivity contribution in [3.05, 3.63) is 38.9 Å². The lowest BCUT2D eigenvalue weighted by Gasteiger charge is -2.06. The lowest BCUT2D eigenvalue weighted by Crippen LogP contribution is -2.29. The Balaban J connectivity index is 1.79. The number of aryl methyl sites for hydroxylation is 1. The molecule has 0 saturated heterocycles. The molecule has 10 heteroatoms. The maximum atomic E-state index is 11.9. The van der Waals surface area contributed by atoms with E-state index in [0.717, 1.165) is 19.3 Å². The van der Waals surface area contributed by atoms with E-state index in [1.807, 2.05) is 0 Å². The molecule has 2 rings (SSSR count). The van der Waals surface area contributed by atoms with Gasteiger partial charge in [-0.3, -0.25) is 24.3 Å². The van der Waals surface area contributed by atoms with E-state index in [1.54, 1.807) is 0 Å². The highest BCUT2D eigenvalue weighted by Crippen LogP contribution is 2.20. The third kappa shape index (κ3) is 5.93. The van der Waals surface area contributed by atoms with Crippen LogP contribution >= 0.6 is 0 Å². The summed E-state index contributed by atoms with van der Waals surface area (Å²) in [5, 5.41) is 13.4. The van der Waals surface area contributed by atoms with Crippen LogP contribution in [0, 0.1) is 10.1 Å². The van der Waals surface area contributed by atoms with E-state index >= 15 is 0 Å². The number of nitrogens with zero attached hydrogens (tertiary/aromatic N) is 2. The van der Waals surface area contributed by atoms with E-state index in [9.17, 15) is 24.5 Å². The van der Waals surface area contributed by atoms with Gasteiger partial charge in [0.25, 0.3) is 11.6 Å². The molecule has 0 unspecified atom stereocenters. The molecule has 0 saturated carbocycles. The number of hydrogen-bond acceptors (Lipinski definition) is 7. The molecule has 0 fully saturated rings. The number of non-ortho nitro benzene ring substituents is 1. The van der Waals surface area contributed by atoms with Crippen molar-refractivity contribution in [1.82, 2.24) is 9.88 Å². The molecule has 28 heavy (non-hydrogen) atoms. The van der Waals surface area contributed by atoms with Crippen molar-refractivity contribution in [3.63, 3.8) is 0 Å². The molecule has 0 aliphatic heterocycles. The van der Waals surface area contributed by atoms with Crippen molar-refractivity contribution >= 4 is 28.7 Å². The summed E-state index contributed by atoms with van der Waals surface area (Å²) < 4.78 is 11.2. The zero-order valence-corrected chi connectivity index (χ0v) is 15.6. The molecule has 1 aromatic heterocycles. The molecule has 2 aromatic rings. The normalized spacial score (nSPS) is 10.8. The number of hydrogen-bond donors (Lipinski definition) is 1. The minimum absolute atomic E-state index is 0.0230. The number of nitro groups is 1. The molecular formula is C18H23N3O7. The summed E-state index contributed by atoms with van der Waals surface area (Å²) >= 11 is 0. The molecule has 0 bridgehead atoms. The minimum Gasteiger partial charge on any atom is -0.456 e. The Kier molecular flexibility index (Phi) is 7.73. The average Bonchev–Trinajstić information content (AvgIpc) is 2.98. The van der Waals surface area contributed by atoms with Gasteiger partial charge in [-0.15, -0.1) is 0 Å². The molecule has 10 nitrogen and oxygen atoms in total. The zero-order valence-electron chi connectivity index (χ0n) is 15.6. The highest BCUT2D eigenvalue weighted by atomic mass is 16.6. The number of ether oxygens (including phenoxy) is 1. The highest BCUT2D eigenvalue weighted by Gasteiger charge is 2.14. The van der Waals surface area contributed by atoms with Crippen LogP contribution < -0.4 is 11.1 Å². The van der Waals surface area contributed by atoms with Gasteiger partial charge in [0.2, 0.25) is 0 Å². The number of nitro benzene ring substituents is 1. The Hall–Kier alpha value is -3.17. The largest absolute Gasteiger partial charge is 0.456 e. The second kappa shape index (κ2) is 10.2. The van der Waals surface area contributed by atoms with Crippen LogP contribution in [0.1, 0.15) is 39.0 Å². The number of carbonyl (C=O) groups is 2. The Morgan fingerprint density at radius 1 is 1.29 bits per heavy atom. The first kappa shape index (κ1) is 21.1. The predicted molar refractivity (Wildman–Crippen MR) is 99.9 cm³/mol. The van der Waals surface area contributed by atoms with E-state index in [-0.39, 0.29) is 36.8 Å². The Labute approximate surface area is 160 Å². The summed E-state index contributed by atoms with van der Waals surface area (Å²) in [6, 6.07) is 3.89. The summed E-state index contributed by atoms with van der Waals surface area (Å²) in [5.74, 6) is -1.54. The maximum Gasteiger partial charge on any atom is 0.419 e. The van der Waals surface area contributed by atoms with Crippen LogP contribution in [0.15, 0.2) is 27.4 Å². The van der Waals surface area contributed by atoms with E-state index < -0.39 is 16.6 Å². The molecule has 1 aromatic carbocycles. The topological polar surface area (TPSA) is 134 Å². The first-order chi connectivity index (χ1) is 13.4. The van der Waals surface area contributed by atoms with Gasteiger partial charge < -0.3 is 14.5 Å². The van der Waals surface area contributed by atoms with E-state index in [1.165, 1.54) is 22.8 Å². The Morgan fingerprint density at radius 3 is 2.79 bits per heavy atom. The van der Waals surface area contributed by atoms with Gasteiger partial charge in [-0.1, -0.05) is 19.8 Å². The summed E-state index contributed by atoms with van der Waals surface area (Å²) in [7, 11) is 0. The van der Waals surface area contributed by atoms with Gasteiger partial charge in [0.15, 0.2) is 12.2 Å². The molecule has 1 heterocycles. The van der Waals surface area contributed by atoms with Crippen molar-refractivity contribution in [2.24, 2.45) is 0 Å². The van der Waals surface area contributed by atoms with E-state index in [2.05, 4.69) is 12.2 Å². The predicted octanol–water partition coefficient (Wildman–Crippen LogP) is 2.13. The maximum absolute atomic E-state index is 11.9. The van der Waals surface area contributed by atoms with Crippen molar-refractivity contribution in [2.45, 2.75) is 45.6 Å². The number of nitrogens with one attached hydrogen (secondary N) is 1. The third-order valence-corrected chi connectivity index (χ3v) is 4.09. The second-order valence-electron chi connectivity index (χ2n) is 6.25. The number of amides is 1. The highest BCUT2D eigenvalue weighted by molar-refractivity contribution is 5.80. The third-order valence-electron chi connectivity index (χ3n) is 4.09. The number of unbranched alkanes of at least 4 members (excludes halogenated alkanes) is 2. The van der Waals surface area contributed by atoms with Gasteiger partial charge >= 0.3 is 11.7 Å². The van der Waals surface area contributed by atoms with Gasteiger partial charge in [0, 0.05) is 25.6 Å². The number of benzene rings is 1. The monoisotopic (exact) mass is 393 g/mol. The molecule has 0 radical (unpaired) electrons. The van der Waals surface area contributed by atoms with Gasteiger partial charge in [-0.25, -0.2) is 4.79 Å². The van der Waals surface area contributed by atoms with Crippen molar-refractivity contribution in [1.29, 1.82) is 0 Å². The lowest BCUT2D eigenvalue weighted by atomic mass is 10.2. The molecule has 0 aliphatic carbocycles. The number of aromatic nitrogens is 1. The number of carbonyl (C=O) groups excluding carboxylic acids is 2. The Bertz CT molecular complexity index is 900. The summed E-state index contributed by atoms with van der Waals surface area (Å²) in [6.45, 7) is 2.47. The standard InChI is InChI=1S/C18H23N3O7/c1-2-3-4-9-19-16(22)12-27-17(23)6-5-10-20-14-8-7-13(21(25)26)11-15(14)28-18(20)24/h7-8,11H,2-6,9-10,12H2,1H3,(H,19,22). The molecule has 1 N–H and O–H groups in total. The molecule has 1 amide bonds. The lowest BCUT2D eigenvalue weighted by molar-refractivity contribution is -0.384. The summed E-state index contributed by atoms with van der Waals surface area (Å²) in [5.41, 5.74) is 0.349. The smallest absolute Gasteiger partial charge is 0.419 e. The first-order valence-electron chi connectivity index (χ1n) is 9.12. The first-order valence-corrected chi connectivity index (χ1v) is 9.12. The fraction of sp³-hybridized carbons (Fsp3) is 0.500. The van der Waals surface area contributed by atoms with E-state index in [0.29, 0.717) is 18.5 Å². The van der Waals surface area contributed by atoms with Crippen LogP contribution in [-0.2, 0) is 20.9 Å². The fourth-order valence-corrected chi connectivity index (χ4v) is 2.63. The van der Waals surface area contributed by atoms with Crippen molar-refractivity contribution in [3.8, 4) is 0 Å². The number of oxazole rings is 1. The SMILES string of the molecule is CCCCCNC(=O)COC(=O)CCCn1c(=O)oc2cc([N+](=O)[O-])ccc21. The summed E-state index contributed by atoms with van der Waals surface area (Å²) in [4.78, 5) is 45.4. The number of fused-ring (bicyclic) bond motifs is 1. The minimum atomic E-state index is -0.657. The van der Waals surface area contributed by atoms with Gasteiger partial charge in [0.1, 0.15) is 0 Å². The van der Waals surface area contributed by atoms with Gasteiger partial charge in [-0.2, -0.15) is 0 Å². The molecule has 152 valence electrons. The van der Waals surface area contributed by atoms with Crippen LogP contribution in [0.25, 0.3) is 11.1 Å². The zero-order chi connectivity index (χ0) is 20.5. The molecular weight excluding hydrogens is 370 g/mol. The molecule has 0 atom stereocenters.